The maximum absolute atomic E-state index is 12.8. The lowest BCUT2D eigenvalue weighted by Gasteiger charge is -3.09. The third-order valence-electron chi connectivity index (χ3n) is 6.44. The van der Waals surface area contributed by atoms with Gasteiger partial charge in [-0.1, -0.05) is 0 Å². The molecule has 0 aromatic rings. The average molecular weight is 180 g/mol. The summed E-state index contributed by atoms with van der Waals surface area (Å²) >= 11 is 0. The van der Waals surface area contributed by atoms with Crippen LogP contribution >= 0.6 is 0 Å². The molecule has 0 spiro atoms. The number of rotatable bonds is 2. The summed E-state index contributed by atoms with van der Waals surface area (Å²) < 4.78 is 12.8. The first-order valence-corrected chi connectivity index (χ1v) is 5.03. The first-order chi connectivity index (χ1) is 6.24. The predicted molar refractivity (Wildman–Crippen MR) is 39.4 cm³/mol. The Morgan fingerprint density at radius 2 is 1.62 bits per heavy atom. The molecule has 0 bridgehead atoms. The quantitative estimate of drug-likeness (QED) is 0.681. The van der Waals surface area contributed by atoms with Crippen molar-refractivity contribution in [3.05, 3.63) is 0 Å². The lowest BCUT2D eigenvalue weighted by atomic mass is 8.92. The molecule has 0 aromatic carbocycles. The van der Waals surface area contributed by atoms with Crippen molar-refractivity contribution in [1.82, 2.24) is 0 Å². The second-order valence-corrected chi connectivity index (χ2v) is 5.64. The van der Waals surface area contributed by atoms with Gasteiger partial charge >= 0.3 is 5.97 Å². The topological polar surface area (TPSA) is 37.3 Å². The molecule has 0 aromatic heterocycles. The van der Waals surface area contributed by atoms with E-state index in [9.17, 15) is 9.18 Å². The highest BCUT2D eigenvalue weighted by molar-refractivity contribution is 5.86. The lowest BCUT2D eigenvalue weighted by Crippen LogP contribution is -3.11. The van der Waals surface area contributed by atoms with Crippen LogP contribution in [0.2, 0.25) is 0 Å². The van der Waals surface area contributed by atoms with E-state index in [1.165, 1.54) is 0 Å². The summed E-state index contributed by atoms with van der Waals surface area (Å²) in [7, 11) is 0. The van der Waals surface area contributed by atoms with Gasteiger partial charge in [0.2, 0.25) is 0 Å². The molecule has 0 atom stereocenters. The van der Waals surface area contributed by atoms with Crippen LogP contribution in [0.5, 0.6) is 0 Å². The van der Waals surface area contributed by atoms with Crippen molar-refractivity contribution in [1.29, 1.82) is 0 Å². The molecule has 3 heteroatoms. The lowest BCUT2D eigenvalue weighted by molar-refractivity contribution is -0.644. The maximum Gasteiger partial charge on any atom is 0.310 e. The Hall–Kier alpha value is -0.600. The van der Waals surface area contributed by atoms with Gasteiger partial charge in [0.25, 0.3) is 0 Å². The van der Waals surface area contributed by atoms with Gasteiger partial charge in [-0.2, -0.15) is 0 Å². The van der Waals surface area contributed by atoms with Crippen molar-refractivity contribution in [2.24, 2.45) is 46.3 Å². The maximum atomic E-state index is 12.8. The Balaban J connectivity index is 1.67. The molecule has 0 heterocycles. The average Bonchev–Trinajstić information content (AvgIpc) is 2.16. The van der Waals surface area contributed by atoms with Crippen molar-refractivity contribution >= 4 is 5.97 Å². The van der Waals surface area contributed by atoms with Crippen molar-refractivity contribution < 1.29 is 14.3 Å². The highest BCUT2D eigenvalue weighted by atomic mass is 19.1. The molecule has 0 unspecified atom stereocenters. The van der Waals surface area contributed by atoms with Crippen LogP contribution in [0.25, 0.3) is 0 Å². The molecule has 13 heavy (non-hydrogen) atoms. The van der Waals surface area contributed by atoms with Gasteiger partial charge in [0.1, 0.15) is 0 Å². The Labute approximate surface area is 74.1 Å². The summed E-state index contributed by atoms with van der Waals surface area (Å²) in [5.74, 6) is 2.11. The molecule has 6 saturated carbocycles. The Morgan fingerprint density at radius 1 is 1.15 bits per heavy atom. The standard InChI is InChI=1S/C10H9FO2/c11-1-9-2-5-3(9)7-4(9)6(2)10(5,7)8(12)13/h2-7H,1H2,(H,12,13). The molecule has 0 amide bonds. The first-order valence-electron chi connectivity index (χ1n) is 5.03. The molecular weight excluding hydrogens is 171 g/mol. The van der Waals surface area contributed by atoms with E-state index in [-0.39, 0.29) is 17.5 Å². The zero-order valence-electron chi connectivity index (χ0n) is 6.90. The summed E-state index contributed by atoms with van der Waals surface area (Å²) in [6, 6.07) is 0. The molecule has 0 aliphatic heterocycles. The van der Waals surface area contributed by atoms with Crippen LogP contribution in [0.3, 0.4) is 0 Å². The second kappa shape index (κ2) is 1.11. The van der Waals surface area contributed by atoms with Gasteiger partial charge in [-0.05, 0) is 35.5 Å². The van der Waals surface area contributed by atoms with Gasteiger partial charge in [0.15, 0.2) is 0 Å². The summed E-state index contributed by atoms with van der Waals surface area (Å²) in [5.41, 5.74) is -0.270. The molecule has 2 nitrogen and oxygen atoms in total. The zero-order chi connectivity index (χ0) is 8.75. The molecule has 6 fully saturated rings. The number of alkyl halides is 1. The Morgan fingerprint density at radius 3 is 1.92 bits per heavy atom. The molecule has 68 valence electrons. The van der Waals surface area contributed by atoms with Gasteiger partial charge in [-0.3, -0.25) is 9.18 Å². The van der Waals surface area contributed by atoms with Crippen LogP contribution in [0.1, 0.15) is 0 Å². The smallest absolute Gasteiger partial charge is 0.310 e. The molecule has 6 aliphatic carbocycles. The van der Waals surface area contributed by atoms with E-state index in [1.807, 2.05) is 0 Å². The largest absolute Gasteiger partial charge is 0.481 e. The van der Waals surface area contributed by atoms with Gasteiger partial charge in [-0.15, -0.1) is 0 Å². The SMILES string of the molecule is O=C(O)C12C3C4C1C1C2C3C41CF. The highest BCUT2D eigenvalue weighted by Gasteiger charge is 3.11. The number of carboxylic acids is 1. The number of hydrogen-bond acceptors (Lipinski definition) is 1. The Kier molecular flexibility index (Phi) is 0.509. The van der Waals surface area contributed by atoms with Crippen molar-refractivity contribution in [3.8, 4) is 0 Å². The molecule has 6 rings (SSSR count). The van der Waals surface area contributed by atoms with Gasteiger partial charge < -0.3 is 5.11 Å². The second-order valence-electron chi connectivity index (χ2n) is 5.64. The fourth-order valence-electron chi connectivity index (χ4n) is 6.45. The monoisotopic (exact) mass is 180 g/mol. The Bertz CT molecular complexity index is 335. The number of hydrogen-bond donors (Lipinski definition) is 1. The van der Waals surface area contributed by atoms with E-state index in [2.05, 4.69) is 0 Å². The summed E-state index contributed by atoms with van der Waals surface area (Å²) in [6.45, 7) is -0.174. The molecular formula is C10H9FO2. The van der Waals surface area contributed by atoms with Crippen LogP contribution in [0.15, 0.2) is 0 Å². The van der Waals surface area contributed by atoms with Crippen LogP contribution in [0.4, 0.5) is 4.39 Å². The fourth-order valence-corrected chi connectivity index (χ4v) is 6.45. The van der Waals surface area contributed by atoms with E-state index >= 15 is 0 Å². The zero-order valence-corrected chi connectivity index (χ0v) is 6.90. The molecule has 0 saturated heterocycles. The van der Waals surface area contributed by atoms with Crippen LogP contribution in [-0.4, -0.2) is 17.8 Å². The number of carboxylic acid groups (broad SMARTS) is 1. The minimum absolute atomic E-state index is 0.0389. The van der Waals surface area contributed by atoms with E-state index in [4.69, 9.17) is 5.11 Å². The third kappa shape index (κ3) is 0.215. The van der Waals surface area contributed by atoms with Crippen molar-refractivity contribution in [2.75, 3.05) is 6.67 Å². The summed E-state index contributed by atoms with van der Waals surface area (Å²) in [5, 5.41) is 9.13. The van der Waals surface area contributed by atoms with Gasteiger partial charge in [-0.25, -0.2) is 0 Å². The minimum atomic E-state index is -0.580. The van der Waals surface area contributed by atoms with Gasteiger partial charge in [0.05, 0.1) is 12.1 Å². The van der Waals surface area contributed by atoms with Crippen LogP contribution < -0.4 is 0 Å². The minimum Gasteiger partial charge on any atom is -0.481 e. The van der Waals surface area contributed by atoms with Crippen molar-refractivity contribution in [2.45, 2.75) is 0 Å². The summed E-state index contributed by atoms with van der Waals surface area (Å²) in [4.78, 5) is 11.1. The van der Waals surface area contributed by atoms with E-state index in [1.54, 1.807) is 0 Å². The van der Waals surface area contributed by atoms with E-state index < -0.39 is 5.97 Å². The van der Waals surface area contributed by atoms with Crippen molar-refractivity contribution in [3.63, 3.8) is 0 Å². The normalized spacial score (nSPS) is 82.2. The number of aliphatic carboxylic acids is 1. The third-order valence-corrected chi connectivity index (χ3v) is 6.44. The fraction of sp³-hybridized carbons (Fsp3) is 0.900. The molecule has 1 N–H and O–H groups in total. The molecule has 6 aliphatic rings. The predicted octanol–water partition coefficient (Wildman–Crippen LogP) is 0.778. The molecule has 0 radical (unpaired) electrons. The number of carbonyl (C=O) groups is 1. The summed E-state index contributed by atoms with van der Waals surface area (Å²) in [6.07, 6.45) is 0. The van der Waals surface area contributed by atoms with E-state index in [0.717, 1.165) is 0 Å². The highest BCUT2D eigenvalue weighted by Crippen LogP contribution is 3.10. The first kappa shape index (κ1) is 5.99. The van der Waals surface area contributed by atoms with Crippen LogP contribution in [0, 0.1) is 46.3 Å². The van der Waals surface area contributed by atoms with Gasteiger partial charge in [0, 0.05) is 5.41 Å². The van der Waals surface area contributed by atoms with Crippen LogP contribution in [-0.2, 0) is 4.79 Å². The number of halogens is 1. The van der Waals surface area contributed by atoms with E-state index in [0.29, 0.717) is 35.5 Å².